The SMILES string of the molecule is Cc1nnc(CN(CC2CCNCC2)C2CC2)n1C. The van der Waals surface area contributed by atoms with Crippen LogP contribution >= 0.6 is 0 Å². The van der Waals surface area contributed by atoms with Gasteiger partial charge in [0.1, 0.15) is 11.6 Å². The molecule has 5 heteroatoms. The molecule has 1 aliphatic carbocycles. The van der Waals surface area contributed by atoms with Crippen molar-refractivity contribution in [3.05, 3.63) is 11.6 Å². The Bertz CT molecular complexity index is 417. The summed E-state index contributed by atoms with van der Waals surface area (Å²) >= 11 is 0. The van der Waals surface area contributed by atoms with Gasteiger partial charge in [-0.05, 0) is 51.6 Å². The maximum Gasteiger partial charge on any atom is 0.146 e. The fourth-order valence-electron chi connectivity index (χ4n) is 2.95. The second kappa shape index (κ2) is 5.59. The third kappa shape index (κ3) is 3.15. The van der Waals surface area contributed by atoms with Crippen LogP contribution in [0.2, 0.25) is 0 Å². The second-order valence-corrected chi connectivity index (χ2v) is 6.08. The number of nitrogens with one attached hydrogen (secondary N) is 1. The number of hydrogen-bond acceptors (Lipinski definition) is 4. The summed E-state index contributed by atoms with van der Waals surface area (Å²) in [5.74, 6) is 2.97. The van der Waals surface area contributed by atoms with E-state index in [1.807, 2.05) is 6.92 Å². The van der Waals surface area contributed by atoms with Gasteiger partial charge < -0.3 is 9.88 Å². The van der Waals surface area contributed by atoms with E-state index in [0.717, 1.165) is 30.2 Å². The maximum absolute atomic E-state index is 4.32. The van der Waals surface area contributed by atoms with Crippen LogP contribution < -0.4 is 5.32 Å². The first kappa shape index (κ1) is 13.1. The van der Waals surface area contributed by atoms with E-state index >= 15 is 0 Å². The average molecular weight is 263 g/mol. The van der Waals surface area contributed by atoms with Crippen LogP contribution in [0.5, 0.6) is 0 Å². The summed E-state index contributed by atoms with van der Waals surface area (Å²) in [7, 11) is 2.07. The number of aryl methyl sites for hydroxylation is 1. The third-order valence-corrected chi connectivity index (χ3v) is 4.54. The number of aromatic nitrogens is 3. The first-order valence-corrected chi connectivity index (χ1v) is 7.53. The fraction of sp³-hybridized carbons (Fsp3) is 0.857. The molecule has 0 aromatic carbocycles. The molecule has 1 saturated heterocycles. The quantitative estimate of drug-likeness (QED) is 0.864. The van der Waals surface area contributed by atoms with Gasteiger partial charge >= 0.3 is 0 Å². The first-order valence-electron chi connectivity index (χ1n) is 7.53. The van der Waals surface area contributed by atoms with Crippen LogP contribution in [0, 0.1) is 12.8 Å². The number of piperidine rings is 1. The van der Waals surface area contributed by atoms with Crippen molar-refractivity contribution in [3.63, 3.8) is 0 Å². The normalized spacial score (nSPS) is 21.2. The molecule has 1 saturated carbocycles. The smallest absolute Gasteiger partial charge is 0.146 e. The lowest BCUT2D eigenvalue weighted by Gasteiger charge is -2.29. The minimum atomic E-state index is 0.798. The first-order chi connectivity index (χ1) is 9.24. The standard InChI is InChI=1S/C14H25N5/c1-11-16-17-14(18(11)2)10-19(13-3-4-13)9-12-5-7-15-8-6-12/h12-13,15H,3-10H2,1-2H3. The molecule has 0 amide bonds. The molecule has 1 aromatic rings. The van der Waals surface area contributed by atoms with E-state index in [4.69, 9.17) is 0 Å². The van der Waals surface area contributed by atoms with Crippen molar-refractivity contribution >= 4 is 0 Å². The molecule has 2 aliphatic rings. The largest absolute Gasteiger partial charge is 0.317 e. The second-order valence-electron chi connectivity index (χ2n) is 6.08. The van der Waals surface area contributed by atoms with Gasteiger partial charge in [0.2, 0.25) is 0 Å². The molecule has 0 radical (unpaired) electrons. The van der Waals surface area contributed by atoms with Gasteiger partial charge in [0.25, 0.3) is 0 Å². The Morgan fingerprint density at radius 2 is 1.95 bits per heavy atom. The molecule has 0 bridgehead atoms. The van der Waals surface area contributed by atoms with Crippen molar-refractivity contribution in [1.29, 1.82) is 0 Å². The van der Waals surface area contributed by atoms with Crippen LogP contribution in [0.15, 0.2) is 0 Å². The van der Waals surface area contributed by atoms with Gasteiger partial charge in [-0.2, -0.15) is 0 Å². The predicted molar refractivity (Wildman–Crippen MR) is 74.8 cm³/mol. The fourth-order valence-corrected chi connectivity index (χ4v) is 2.95. The highest BCUT2D eigenvalue weighted by Crippen LogP contribution is 2.30. The van der Waals surface area contributed by atoms with Gasteiger partial charge in [-0.15, -0.1) is 10.2 Å². The molecule has 2 fully saturated rings. The minimum absolute atomic E-state index is 0.798. The van der Waals surface area contributed by atoms with Gasteiger partial charge in [0.05, 0.1) is 6.54 Å². The zero-order chi connectivity index (χ0) is 13.2. The molecule has 0 spiro atoms. The molecule has 1 aromatic heterocycles. The van der Waals surface area contributed by atoms with Crippen LogP contribution in [-0.2, 0) is 13.6 Å². The minimum Gasteiger partial charge on any atom is -0.317 e. The summed E-state index contributed by atoms with van der Waals surface area (Å²) < 4.78 is 2.12. The zero-order valence-corrected chi connectivity index (χ0v) is 12.1. The summed E-state index contributed by atoms with van der Waals surface area (Å²) in [6.45, 7) is 6.59. The van der Waals surface area contributed by atoms with Crippen LogP contribution in [0.3, 0.4) is 0 Å². The molecule has 3 rings (SSSR count). The molecule has 5 nitrogen and oxygen atoms in total. The summed E-state index contributed by atoms with van der Waals surface area (Å²) in [4.78, 5) is 2.64. The molecule has 2 heterocycles. The Kier molecular flexibility index (Phi) is 3.84. The lowest BCUT2D eigenvalue weighted by Crippen LogP contribution is -2.37. The Morgan fingerprint density at radius 3 is 2.53 bits per heavy atom. The van der Waals surface area contributed by atoms with Gasteiger partial charge in [-0.1, -0.05) is 0 Å². The van der Waals surface area contributed by atoms with Crippen LogP contribution in [-0.4, -0.2) is 45.3 Å². The Labute approximate surface area is 115 Å². The van der Waals surface area contributed by atoms with E-state index in [2.05, 4.69) is 32.0 Å². The van der Waals surface area contributed by atoms with Gasteiger partial charge in [-0.25, -0.2) is 0 Å². The van der Waals surface area contributed by atoms with Gasteiger partial charge in [0, 0.05) is 19.6 Å². The highest BCUT2D eigenvalue weighted by Gasteiger charge is 2.31. The van der Waals surface area contributed by atoms with E-state index in [0.29, 0.717) is 0 Å². The van der Waals surface area contributed by atoms with Gasteiger partial charge in [0.15, 0.2) is 0 Å². The molecule has 106 valence electrons. The number of rotatable bonds is 5. The average Bonchev–Trinajstić information content (AvgIpc) is 3.22. The van der Waals surface area contributed by atoms with E-state index in [9.17, 15) is 0 Å². The Balaban J connectivity index is 1.62. The maximum atomic E-state index is 4.32. The lowest BCUT2D eigenvalue weighted by atomic mass is 9.97. The molecule has 19 heavy (non-hydrogen) atoms. The van der Waals surface area contributed by atoms with Gasteiger partial charge in [-0.3, -0.25) is 4.90 Å². The molecule has 1 aliphatic heterocycles. The third-order valence-electron chi connectivity index (χ3n) is 4.54. The molecule has 1 N–H and O–H groups in total. The van der Waals surface area contributed by atoms with Crippen molar-refractivity contribution < 1.29 is 0 Å². The van der Waals surface area contributed by atoms with Crippen LogP contribution in [0.4, 0.5) is 0 Å². The topological polar surface area (TPSA) is 46.0 Å². The Morgan fingerprint density at radius 1 is 1.21 bits per heavy atom. The van der Waals surface area contributed by atoms with Crippen molar-refractivity contribution in [2.24, 2.45) is 13.0 Å². The van der Waals surface area contributed by atoms with Crippen molar-refractivity contribution in [2.75, 3.05) is 19.6 Å². The summed E-state index contributed by atoms with van der Waals surface area (Å²) in [5.41, 5.74) is 0. The molecular formula is C14H25N5. The Hall–Kier alpha value is -0.940. The van der Waals surface area contributed by atoms with Crippen LogP contribution in [0.1, 0.15) is 37.3 Å². The van der Waals surface area contributed by atoms with Crippen molar-refractivity contribution in [2.45, 2.75) is 45.2 Å². The van der Waals surface area contributed by atoms with E-state index in [1.54, 1.807) is 0 Å². The highest BCUT2D eigenvalue weighted by molar-refractivity contribution is 4.96. The number of nitrogens with zero attached hydrogens (tertiary/aromatic N) is 4. The van der Waals surface area contributed by atoms with E-state index in [1.165, 1.54) is 45.3 Å². The predicted octanol–water partition coefficient (Wildman–Crippen LogP) is 1.09. The van der Waals surface area contributed by atoms with E-state index in [-0.39, 0.29) is 0 Å². The molecular weight excluding hydrogens is 238 g/mol. The van der Waals surface area contributed by atoms with Crippen LogP contribution in [0.25, 0.3) is 0 Å². The summed E-state index contributed by atoms with van der Waals surface area (Å²) in [6, 6.07) is 0.798. The molecule has 0 atom stereocenters. The lowest BCUT2D eigenvalue weighted by molar-refractivity contribution is 0.185. The monoisotopic (exact) mass is 263 g/mol. The van der Waals surface area contributed by atoms with E-state index < -0.39 is 0 Å². The highest BCUT2D eigenvalue weighted by atomic mass is 15.3. The molecule has 0 unspecified atom stereocenters. The van der Waals surface area contributed by atoms with Crippen molar-refractivity contribution in [1.82, 2.24) is 25.0 Å². The summed E-state index contributed by atoms with van der Waals surface area (Å²) in [6.07, 6.45) is 5.37. The summed E-state index contributed by atoms with van der Waals surface area (Å²) in [5, 5.41) is 11.9. The number of hydrogen-bond donors (Lipinski definition) is 1. The zero-order valence-electron chi connectivity index (χ0n) is 12.1. The van der Waals surface area contributed by atoms with Crippen molar-refractivity contribution in [3.8, 4) is 0 Å².